The van der Waals surface area contributed by atoms with Gasteiger partial charge >= 0.3 is 0 Å². The molecule has 0 spiro atoms. The lowest BCUT2D eigenvalue weighted by Crippen LogP contribution is -2.47. The van der Waals surface area contributed by atoms with Crippen molar-refractivity contribution in [3.8, 4) is 11.4 Å². The number of nitrogens with one attached hydrogen (secondary N) is 2. The number of piperidine rings is 1. The summed E-state index contributed by atoms with van der Waals surface area (Å²) in [5.74, 6) is 1.60. The van der Waals surface area contributed by atoms with E-state index in [2.05, 4.69) is 67.4 Å². The first kappa shape index (κ1) is 24.5. The molecule has 1 amide bonds. The first-order valence-corrected chi connectivity index (χ1v) is 13.4. The van der Waals surface area contributed by atoms with E-state index in [1.54, 1.807) is 6.33 Å². The topological polar surface area (TPSA) is 93.3 Å². The van der Waals surface area contributed by atoms with Crippen LogP contribution in [-0.4, -0.2) is 92.9 Å². The molecular weight excluding hydrogens is 476 g/mol. The first-order valence-electron chi connectivity index (χ1n) is 13.4. The van der Waals surface area contributed by atoms with E-state index in [1.165, 1.54) is 5.56 Å². The van der Waals surface area contributed by atoms with Gasteiger partial charge in [-0.2, -0.15) is 0 Å². The monoisotopic (exact) mass is 510 g/mol. The number of H-pyrrole nitrogens is 1. The third-order valence-corrected chi connectivity index (χ3v) is 7.66. The van der Waals surface area contributed by atoms with E-state index >= 15 is 0 Å². The van der Waals surface area contributed by atoms with Gasteiger partial charge in [0, 0.05) is 63.0 Å². The fraction of sp³-hybridized carbons (Fsp3) is 0.379. The van der Waals surface area contributed by atoms with Gasteiger partial charge in [-0.3, -0.25) is 9.69 Å². The number of likely N-dealkylation sites (N-methyl/N-ethyl adjacent to an activating group) is 1. The Kier molecular flexibility index (Phi) is 7.02. The summed E-state index contributed by atoms with van der Waals surface area (Å²) in [7, 11) is 2.09. The lowest BCUT2D eigenvalue weighted by Gasteiger charge is -2.32. The Hall–Kier alpha value is -3.82. The molecule has 4 heterocycles. The highest BCUT2D eigenvalue weighted by atomic mass is 16.2. The molecule has 9 nitrogen and oxygen atoms in total. The van der Waals surface area contributed by atoms with E-state index in [4.69, 9.17) is 4.98 Å². The largest absolute Gasteiger partial charge is 0.365 e. The molecule has 2 aliphatic heterocycles. The molecule has 0 saturated carbocycles. The zero-order valence-corrected chi connectivity index (χ0v) is 21.8. The number of anilines is 1. The molecule has 2 saturated heterocycles. The van der Waals surface area contributed by atoms with Crippen molar-refractivity contribution in [2.45, 2.75) is 25.4 Å². The Balaban J connectivity index is 1.11. The Morgan fingerprint density at radius 2 is 1.68 bits per heavy atom. The highest BCUT2D eigenvalue weighted by Crippen LogP contribution is 2.25. The van der Waals surface area contributed by atoms with Gasteiger partial charge in [-0.25, -0.2) is 15.0 Å². The summed E-state index contributed by atoms with van der Waals surface area (Å²) in [4.78, 5) is 36.6. The Labute approximate surface area is 222 Å². The molecule has 0 atom stereocenters. The normalized spacial score (nSPS) is 17.7. The number of imidazole rings is 1. The van der Waals surface area contributed by atoms with Gasteiger partial charge in [-0.15, -0.1) is 0 Å². The van der Waals surface area contributed by atoms with Gasteiger partial charge < -0.3 is 20.1 Å². The van der Waals surface area contributed by atoms with Crippen molar-refractivity contribution in [1.29, 1.82) is 0 Å². The molecule has 2 fully saturated rings. The number of rotatable bonds is 6. The van der Waals surface area contributed by atoms with Crippen LogP contribution in [0.5, 0.6) is 0 Å². The maximum Gasteiger partial charge on any atom is 0.253 e. The summed E-state index contributed by atoms with van der Waals surface area (Å²) in [5.41, 5.74) is 4.43. The standard InChI is InChI=1S/C29H34N8O/c1-35-15-17-37(18-16-35)29(38)23-9-7-22(8-10-23)26-33-25-27(30-20-31-28(25)34-26)32-24-11-13-36(14-12-24)19-21-5-3-2-4-6-21/h2-10,20,24H,11-19H2,1H3,(H2,30,31,32,33,34). The summed E-state index contributed by atoms with van der Waals surface area (Å²) in [6.45, 7) is 6.44. The van der Waals surface area contributed by atoms with Gasteiger partial charge in [0.25, 0.3) is 5.91 Å². The number of piperazine rings is 1. The second-order valence-electron chi connectivity index (χ2n) is 10.4. The molecule has 6 rings (SSSR count). The molecule has 2 aromatic heterocycles. The molecule has 2 aliphatic rings. The smallest absolute Gasteiger partial charge is 0.253 e. The lowest BCUT2D eigenvalue weighted by atomic mass is 10.0. The quantitative estimate of drug-likeness (QED) is 0.410. The van der Waals surface area contributed by atoms with Crippen LogP contribution in [-0.2, 0) is 6.54 Å². The minimum atomic E-state index is 0.0847. The van der Waals surface area contributed by atoms with Crippen molar-refractivity contribution in [2.75, 3.05) is 51.6 Å². The fourth-order valence-corrected chi connectivity index (χ4v) is 5.31. The number of hydrogen-bond donors (Lipinski definition) is 2. The lowest BCUT2D eigenvalue weighted by molar-refractivity contribution is 0.0664. The van der Waals surface area contributed by atoms with Crippen LogP contribution in [0.25, 0.3) is 22.6 Å². The van der Waals surface area contributed by atoms with E-state index in [-0.39, 0.29) is 5.91 Å². The zero-order chi connectivity index (χ0) is 25.9. The summed E-state index contributed by atoms with van der Waals surface area (Å²) >= 11 is 0. The van der Waals surface area contributed by atoms with E-state index in [0.29, 0.717) is 17.3 Å². The molecule has 2 aromatic carbocycles. The highest BCUT2D eigenvalue weighted by Gasteiger charge is 2.22. The molecule has 9 heteroatoms. The summed E-state index contributed by atoms with van der Waals surface area (Å²) in [6.07, 6.45) is 3.68. The van der Waals surface area contributed by atoms with E-state index in [1.807, 2.05) is 29.2 Å². The SMILES string of the molecule is CN1CCN(C(=O)c2ccc(-c3nc4ncnc(NC5CCN(Cc6ccccc6)CC5)c4[nH]3)cc2)CC1. The predicted molar refractivity (Wildman–Crippen MR) is 149 cm³/mol. The maximum atomic E-state index is 12.9. The number of fused-ring (bicyclic) bond motifs is 1. The number of carbonyl (C=O) groups excluding carboxylic acids is 1. The van der Waals surface area contributed by atoms with Crippen molar-refractivity contribution in [3.05, 3.63) is 72.1 Å². The summed E-state index contributed by atoms with van der Waals surface area (Å²) in [6, 6.07) is 18.7. The number of likely N-dealkylation sites (tertiary alicyclic amines) is 1. The average molecular weight is 511 g/mol. The van der Waals surface area contributed by atoms with Crippen molar-refractivity contribution < 1.29 is 4.79 Å². The molecule has 38 heavy (non-hydrogen) atoms. The van der Waals surface area contributed by atoms with Crippen LogP contribution in [0.1, 0.15) is 28.8 Å². The van der Waals surface area contributed by atoms with Crippen LogP contribution < -0.4 is 5.32 Å². The fourth-order valence-electron chi connectivity index (χ4n) is 5.31. The van der Waals surface area contributed by atoms with E-state index < -0.39 is 0 Å². The van der Waals surface area contributed by atoms with Crippen LogP contribution in [0, 0.1) is 0 Å². The third-order valence-electron chi connectivity index (χ3n) is 7.66. The van der Waals surface area contributed by atoms with Crippen LogP contribution >= 0.6 is 0 Å². The van der Waals surface area contributed by atoms with Crippen LogP contribution in [0.3, 0.4) is 0 Å². The number of aromatic amines is 1. The summed E-state index contributed by atoms with van der Waals surface area (Å²) < 4.78 is 0. The first-order chi connectivity index (χ1) is 18.6. The molecule has 196 valence electrons. The molecule has 0 unspecified atom stereocenters. The number of amides is 1. The van der Waals surface area contributed by atoms with Gasteiger partial charge in [-0.05, 0) is 37.6 Å². The van der Waals surface area contributed by atoms with Gasteiger partial charge in [-0.1, -0.05) is 42.5 Å². The molecule has 2 N–H and O–H groups in total. The number of carbonyl (C=O) groups is 1. The third kappa shape index (κ3) is 5.39. The maximum absolute atomic E-state index is 12.9. The van der Waals surface area contributed by atoms with Crippen molar-refractivity contribution in [1.82, 2.24) is 34.6 Å². The van der Waals surface area contributed by atoms with Gasteiger partial charge in [0.15, 0.2) is 11.5 Å². The van der Waals surface area contributed by atoms with Crippen molar-refractivity contribution >= 4 is 22.9 Å². The Morgan fingerprint density at radius 3 is 2.42 bits per heavy atom. The molecular formula is C29H34N8O. The molecule has 4 aromatic rings. The predicted octanol–water partition coefficient (Wildman–Crippen LogP) is 3.48. The number of aromatic nitrogens is 4. The van der Waals surface area contributed by atoms with E-state index in [0.717, 1.165) is 81.4 Å². The minimum Gasteiger partial charge on any atom is -0.365 e. The molecule has 0 bridgehead atoms. The van der Waals surface area contributed by atoms with Gasteiger partial charge in [0.1, 0.15) is 17.7 Å². The van der Waals surface area contributed by atoms with Crippen molar-refractivity contribution in [3.63, 3.8) is 0 Å². The molecule has 0 radical (unpaired) electrons. The summed E-state index contributed by atoms with van der Waals surface area (Å²) in [5, 5.41) is 3.63. The number of nitrogens with zero attached hydrogens (tertiary/aromatic N) is 6. The van der Waals surface area contributed by atoms with Crippen molar-refractivity contribution in [2.24, 2.45) is 0 Å². The highest BCUT2D eigenvalue weighted by molar-refractivity contribution is 5.95. The van der Waals surface area contributed by atoms with Gasteiger partial charge in [0.05, 0.1) is 0 Å². The van der Waals surface area contributed by atoms with Crippen LogP contribution in [0.4, 0.5) is 5.82 Å². The van der Waals surface area contributed by atoms with Gasteiger partial charge in [0.2, 0.25) is 0 Å². The van der Waals surface area contributed by atoms with Crippen LogP contribution in [0.15, 0.2) is 60.9 Å². The average Bonchev–Trinajstić information content (AvgIpc) is 3.40. The second-order valence-corrected chi connectivity index (χ2v) is 10.4. The number of benzene rings is 2. The molecule has 0 aliphatic carbocycles. The number of hydrogen-bond acceptors (Lipinski definition) is 7. The van der Waals surface area contributed by atoms with Crippen LogP contribution in [0.2, 0.25) is 0 Å². The van der Waals surface area contributed by atoms with E-state index in [9.17, 15) is 4.79 Å². The second kappa shape index (κ2) is 10.9. The minimum absolute atomic E-state index is 0.0847. The zero-order valence-electron chi connectivity index (χ0n) is 21.8. The Bertz CT molecular complexity index is 1370. The Morgan fingerprint density at radius 1 is 0.947 bits per heavy atom.